The summed E-state index contributed by atoms with van der Waals surface area (Å²) in [5, 5.41) is 0. The molecule has 0 saturated carbocycles. The first kappa shape index (κ1) is 27.2. The SMILES string of the molecule is CC(C)(C)OC(=O)CCCCCCCCCCCCCCCCC(=O)OCCl. The Hall–Kier alpha value is -0.770. The van der Waals surface area contributed by atoms with Crippen LogP contribution < -0.4 is 0 Å². The van der Waals surface area contributed by atoms with Crippen molar-refractivity contribution in [2.24, 2.45) is 0 Å². The van der Waals surface area contributed by atoms with Gasteiger partial charge in [0, 0.05) is 12.8 Å². The number of ether oxygens (including phenoxy) is 2. The van der Waals surface area contributed by atoms with E-state index in [1.807, 2.05) is 20.8 Å². The Morgan fingerprint density at radius 3 is 1.25 bits per heavy atom. The summed E-state index contributed by atoms with van der Waals surface area (Å²) in [5.41, 5.74) is -0.364. The molecule has 0 radical (unpaired) electrons. The zero-order chi connectivity index (χ0) is 21.1. The molecule has 0 aromatic carbocycles. The van der Waals surface area contributed by atoms with Crippen LogP contribution in [0.3, 0.4) is 0 Å². The van der Waals surface area contributed by atoms with Gasteiger partial charge in [-0.3, -0.25) is 9.59 Å². The molecule has 5 heteroatoms. The normalized spacial score (nSPS) is 11.4. The van der Waals surface area contributed by atoms with Crippen molar-refractivity contribution in [2.75, 3.05) is 6.07 Å². The molecule has 0 rings (SSSR count). The number of esters is 2. The zero-order valence-electron chi connectivity index (χ0n) is 18.5. The first-order chi connectivity index (χ1) is 13.3. The van der Waals surface area contributed by atoms with Crippen molar-refractivity contribution in [2.45, 2.75) is 129 Å². The number of alkyl halides is 1. The molecule has 0 saturated heterocycles. The zero-order valence-corrected chi connectivity index (χ0v) is 19.3. The van der Waals surface area contributed by atoms with Crippen LogP contribution in [0.5, 0.6) is 0 Å². The van der Waals surface area contributed by atoms with Crippen LogP contribution in [-0.4, -0.2) is 23.6 Å². The van der Waals surface area contributed by atoms with Crippen LogP contribution in [0, 0.1) is 0 Å². The number of hydrogen-bond acceptors (Lipinski definition) is 4. The summed E-state index contributed by atoms with van der Waals surface area (Å²) in [7, 11) is 0. The molecule has 0 aliphatic carbocycles. The van der Waals surface area contributed by atoms with Crippen molar-refractivity contribution in [3.05, 3.63) is 0 Å². The number of hydrogen-bond donors (Lipinski definition) is 0. The maximum absolute atomic E-state index is 11.6. The van der Waals surface area contributed by atoms with Crippen LogP contribution in [0.2, 0.25) is 0 Å². The third kappa shape index (κ3) is 21.5. The first-order valence-corrected chi connectivity index (χ1v) is 11.8. The van der Waals surface area contributed by atoms with Crippen LogP contribution in [-0.2, 0) is 19.1 Å². The van der Waals surface area contributed by atoms with Crippen LogP contribution >= 0.6 is 11.6 Å². The fraction of sp³-hybridized carbons (Fsp3) is 0.913. The molecule has 0 aliphatic rings. The van der Waals surface area contributed by atoms with Crippen molar-refractivity contribution in [1.29, 1.82) is 0 Å². The molecule has 166 valence electrons. The number of carbonyl (C=O) groups excluding carboxylic acids is 2. The smallest absolute Gasteiger partial charge is 0.306 e. The Kier molecular flexibility index (Phi) is 17.8. The lowest BCUT2D eigenvalue weighted by atomic mass is 10.0. The number of carbonyl (C=O) groups is 2. The Balaban J connectivity index is 3.18. The van der Waals surface area contributed by atoms with E-state index in [1.165, 1.54) is 64.2 Å². The monoisotopic (exact) mass is 418 g/mol. The summed E-state index contributed by atoms with van der Waals surface area (Å²) in [5.74, 6) is -0.251. The molecule has 0 aliphatic heterocycles. The lowest BCUT2D eigenvalue weighted by Crippen LogP contribution is -2.23. The topological polar surface area (TPSA) is 52.6 Å². The quantitative estimate of drug-likeness (QED) is 0.133. The van der Waals surface area contributed by atoms with E-state index in [0.29, 0.717) is 12.8 Å². The Morgan fingerprint density at radius 2 is 0.929 bits per heavy atom. The minimum Gasteiger partial charge on any atom is -0.460 e. The lowest BCUT2D eigenvalue weighted by Gasteiger charge is -2.19. The molecule has 0 unspecified atom stereocenters. The van der Waals surface area contributed by atoms with Gasteiger partial charge in [0.15, 0.2) is 6.07 Å². The van der Waals surface area contributed by atoms with E-state index in [1.54, 1.807) is 0 Å². The molecule has 0 amide bonds. The molecule has 0 N–H and O–H groups in total. The average molecular weight is 419 g/mol. The molecule has 0 spiro atoms. The summed E-state index contributed by atoms with van der Waals surface area (Å²) in [6.07, 6.45) is 18.0. The van der Waals surface area contributed by atoms with Crippen LogP contribution in [0.4, 0.5) is 0 Å². The minimum absolute atomic E-state index is 0.0348. The Labute approximate surface area is 178 Å². The van der Waals surface area contributed by atoms with E-state index in [2.05, 4.69) is 0 Å². The van der Waals surface area contributed by atoms with Gasteiger partial charge in [-0.05, 0) is 33.6 Å². The van der Waals surface area contributed by atoms with Crippen molar-refractivity contribution in [1.82, 2.24) is 0 Å². The van der Waals surface area contributed by atoms with Gasteiger partial charge in [0.2, 0.25) is 0 Å². The molecule has 0 atom stereocenters. The summed E-state index contributed by atoms with van der Waals surface area (Å²) in [6.45, 7) is 5.74. The van der Waals surface area contributed by atoms with Gasteiger partial charge in [-0.25, -0.2) is 0 Å². The van der Waals surface area contributed by atoms with Crippen molar-refractivity contribution >= 4 is 23.5 Å². The number of halogens is 1. The molecular formula is C23H43ClO4. The second kappa shape index (κ2) is 18.3. The summed E-state index contributed by atoms with van der Waals surface area (Å²) >= 11 is 5.34. The summed E-state index contributed by atoms with van der Waals surface area (Å²) in [6, 6.07) is -0.0348. The van der Waals surface area contributed by atoms with Gasteiger partial charge >= 0.3 is 11.9 Å². The number of rotatable bonds is 18. The van der Waals surface area contributed by atoms with Gasteiger partial charge in [-0.15, -0.1) is 0 Å². The van der Waals surface area contributed by atoms with E-state index in [0.717, 1.165) is 25.7 Å². The number of unbranched alkanes of at least 4 members (excludes halogenated alkanes) is 13. The molecule has 28 heavy (non-hydrogen) atoms. The van der Waals surface area contributed by atoms with E-state index in [9.17, 15) is 9.59 Å². The highest BCUT2D eigenvalue weighted by Crippen LogP contribution is 2.15. The maximum atomic E-state index is 11.6. The highest BCUT2D eigenvalue weighted by molar-refractivity contribution is 6.17. The second-order valence-corrected chi connectivity index (χ2v) is 8.88. The highest BCUT2D eigenvalue weighted by atomic mass is 35.5. The van der Waals surface area contributed by atoms with Gasteiger partial charge in [-0.2, -0.15) is 0 Å². The van der Waals surface area contributed by atoms with E-state index in [-0.39, 0.29) is 23.6 Å². The summed E-state index contributed by atoms with van der Waals surface area (Å²) < 4.78 is 10.0. The molecule has 0 bridgehead atoms. The molecule has 0 aromatic rings. The van der Waals surface area contributed by atoms with Gasteiger partial charge in [0.25, 0.3) is 0 Å². The van der Waals surface area contributed by atoms with Crippen molar-refractivity contribution in [3.8, 4) is 0 Å². The second-order valence-electron chi connectivity index (χ2n) is 8.66. The highest BCUT2D eigenvalue weighted by Gasteiger charge is 2.15. The van der Waals surface area contributed by atoms with E-state index < -0.39 is 0 Å². The van der Waals surface area contributed by atoms with Crippen LogP contribution in [0.1, 0.15) is 124 Å². The molecule has 0 fully saturated rings. The van der Waals surface area contributed by atoms with E-state index in [4.69, 9.17) is 21.1 Å². The van der Waals surface area contributed by atoms with Gasteiger partial charge in [0.05, 0.1) is 0 Å². The van der Waals surface area contributed by atoms with Gasteiger partial charge in [0.1, 0.15) is 5.60 Å². The van der Waals surface area contributed by atoms with Crippen LogP contribution in [0.25, 0.3) is 0 Å². The van der Waals surface area contributed by atoms with Gasteiger partial charge in [-0.1, -0.05) is 88.7 Å². The molecule has 0 aromatic heterocycles. The van der Waals surface area contributed by atoms with Crippen molar-refractivity contribution in [3.63, 3.8) is 0 Å². The van der Waals surface area contributed by atoms with E-state index >= 15 is 0 Å². The minimum atomic E-state index is -0.364. The fourth-order valence-electron chi connectivity index (χ4n) is 3.19. The summed E-state index contributed by atoms with van der Waals surface area (Å²) in [4.78, 5) is 22.7. The first-order valence-electron chi connectivity index (χ1n) is 11.3. The van der Waals surface area contributed by atoms with Gasteiger partial charge < -0.3 is 9.47 Å². The molecular weight excluding hydrogens is 376 g/mol. The Bertz CT molecular complexity index is 391. The predicted molar refractivity (Wildman–Crippen MR) is 117 cm³/mol. The Morgan fingerprint density at radius 1 is 0.607 bits per heavy atom. The molecule has 4 nitrogen and oxygen atoms in total. The largest absolute Gasteiger partial charge is 0.460 e. The third-order valence-corrected chi connectivity index (χ3v) is 4.76. The van der Waals surface area contributed by atoms with Crippen molar-refractivity contribution < 1.29 is 19.1 Å². The third-order valence-electron chi connectivity index (χ3n) is 4.65. The fourth-order valence-corrected chi connectivity index (χ4v) is 3.31. The molecule has 0 heterocycles. The lowest BCUT2D eigenvalue weighted by molar-refractivity contribution is -0.155. The average Bonchev–Trinajstić information content (AvgIpc) is 2.60. The van der Waals surface area contributed by atoms with Crippen LogP contribution in [0.15, 0.2) is 0 Å². The standard InChI is InChI=1S/C23H43ClO4/c1-23(2,3)28-22(26)19-17-15-13-11-9-7-5-4-6-8-10-12-14-16-18-21(25)27-20-24/h4-20H2,1-3H3. The predicted octanol–water partition coefficient (Wildman–Crippen LogP) is 7.31. The maximum Gasteiger partial charge on any atom is 0.306 e.